The van der Waals surface area contributed by atoms with E-state index in [1.54, 1.807) is 18.5 Å². The molecule has 0 unspecified atom stereocenters. The molecule has 6 heteroatoms. The minimum Gasteiger partial charge on any atom is -0.350 e. The van der Waals surface area contributed by atoms with Crippen LogP contribution in [0.1, 0.15) is 11.3 Å². The van der Waals surface area contributed by atoms with Crippen LogP contribution in [0.2, 0.25) is 0 Å². The summed E-state index contributed by atoms with van der Waals surface area (Å²) in [5, 5.41) is 7.76. The zero-order chi connectivity index (χ0) is 12.1. The molecule has 0 aliphatic rings. The number of amides is 1. The zero-order valence-electron chi connectivity index (χ0n) is 9.06. The maximum atomic E-state index is 11.6. The van der Waals surface area contributed by atoms with Crippen molar-refractivity contribution in [3.63, 3.8) is 0 Å². The van der Waals surface area contributed by atoms with Crippen LogP contribution in [0.3, 0.4) is 0 Å². The summed E-state index contributed by atoms with van der Waals surface area (Å²) in [4.78, 5) is 26.3. The Morgan fingerprint density at radius 2 is 2.29 bits per heavy atom. The van der Waals surface area contributed by atoms with Gasteiger partial charge in [-0.1, -0.05) is 6.07 Å². The molecule has 2 aromatic rings. The lowest BCUT2D eigenvalue weighted by Crippen LogP contribution is -2.24. The maximum Gasteiger partial charge on any atom is 0.264 e. The van der Waals surface area contributed by atoms with Gasteiger partial charge in [-0.2, -0.15) is 0 Å². The summed E-state index contributed by atoms with van der Waals surface area (Å²) in [6, 6.07) is 5.03. The summed E-state index contributed by atoms with van der Waals surface area (Å²) in [5.74, 6) is -0.111. The standard InChI is InChI=1S/C11H12N4O2/c16-10(4-8-2-1-3-12-6-8)13-7-9-5-11(17)15-14-9/h1-3,5-6H,4,7H2,(H,13,16)(H2,14,15,17). The van der Waals surface area contributed by atoms with Crippen molar-refractivity contribution in [1.82, 2.24) is 20.5 Å². The minimum absolute atomic E-state index is 0.111. The van der Waals surface area contributed by atoms with Crippen LogP contribution in [0.15, 0.2) is 35.4 Å². The molecule has 0 atom stereocenters. The molecule has 0 saturated heterocycles. The third-order valence-corrected chi connectivity index (χ3v) is 2.22. The zero-order valence-corrected chi connectivity index (χ0v) is 9.06. The molecule has 88 valence electrons. The number of nitrogens with zero attached hydrogens (tertiary/aromatic N) is 1. The molecule has 17 heavy (non-hydrogen) atoms. The molecule has 0 radical (unpaired) electrons. The van der Waals surface area contributed by atoms with Crippen molar-refractivity contribution in [3.05, 3.63) is 52.2 Å². The van der Waals surface area contributed by atoms with Crippen molar-refractivity contribution < 1.29 is 4.79 Å². The highest BCUT2D eigenvalue weighted by molar-refractivity contribution is 5.78. The average Bonchev–Trinajstić information content (AvgIpc) is 2.74. The van der Waals surface area contributed by atoms with E-state index in [1.165, 1.54) is 6.07 Å². The number of hydrogen-bond acceptors (Lipinski definition) is 3. The predicted molar refractivity (Wildman–Crippen MR) is 61.2 cm³/mol. The van der Waals surface area contributed by atoms with Gasteiger partial charge in [-0.25, -0.2) is 0 Å². The van der Waals surface area contributed by atoms with E-state index in [-0.39, 0.29) is 17.9 Å². The van der Waals surface area contributed by atoms with Crippen molar-refractivity contribution in [2.24, 2.45) is 0 Å². The Morgan fingerprint density at radius 1 is 1.41 bits per heavy atom. The summed E-state index contributed by atoms with van der Waals surface area (Å²) in [6.45, 7) is 0.303. The van der Waals surface area contributed by atoms with Crippen LogP contribution < -0.4 is 10.9 Å². The van der Waals surface area contributed by atoms with E-state index >= 15 is 0 Å². The molecule has 0 aliphatic heterocycles. The minimum atomic E-state index is -0.207. The number of aromatic nitrogens is 3. The first-order valence-corrected chi connectivity index (χ1v) is 5.16. The molecule has 0 aromatic carbocycles. The Hall–Kier alpha value is -2.37. The van der Waals surface area contributed by atoms with Crippen LogP contribution in [-0.4, -0.2) is 21.1 Å². The van der Waals surface area contributed by atoms with E-state index in [0.717, 1.165) is 5.56 Å². The van der Waals surface area contributed by atoms with Gasteiger partial charge in [0.1, 0.15) is 0 Å². The molecule has 0 aliphatic carbocycles. The fraction of sp³-hybridized carbons (Fsp3) is 0.182. The number of H-pyrrole nitrogens is 2. The van der Waals surface area contributed by atoms with Crippen molar-refractivity contribution >= 4 is 5.91 Å². The van der Waals surface area contributed by atoms with E-state index in [9.17, 15) is 9.59 Å². The Balaban J connectivity index is 1.84. The van der Waals surface area contributed by atoms with Gasteiger partial charge in [-0.05, 0) is 11.6 Å². The smallest absolute Gasteiger partial charge is 0.264 e. The summed E-state index contributed by atoms with van der Waals surface area (Å²) in [5.41, 5.74) is 1.30. The first kappa shape index (κ1) is 11.1. The van der Waals surface area contributed by atoms with Crippen molar-refractivity contribution in [1.29, 1.82) is 0 Å². The van der Waals surface area contributed by atoms with Crippen LogP contribution in [0.5, 0.6) is 0 Å². The van der Waals surface area contributed by atoms with Gasteiger partial charge in [0, 0.05) is 18.5 Å². The second kappa shape index (κ2) is 5.11. The third kappa shape index (κ3) is 3.30. The van der Waals surface area contributed by atoms with Gasteiger partial charge in [0.25, 0.3) is 5.56 Å². The van der Waals surface area contributed by atoms with Crippen molar-refractivity contribution in [3.8, 4) is 0 Å². The SMILES string of the molecule is O=C(Cc1cccnc1)NCc1cc(=O)[nH][nH]1. The second-order valence-electron chi connectivity index (χ2n) is 3.60. The van der Waals surface area contributed by atoms with E-state index in [2.05, 4.69) is 20.5 Å². The number of hydrogen-bond donors (Lipinski definition) is 3. The molecule has 0 saturated carbocycles. The normalized spacial score (nSPS) is 10.1. The lowest BCUT2D eigenvalue weighted by molar-refractivity contribution is -0.120. The van der Waals surface area contributed by atoms with E-state index in [1.807, 2.05) is 6.07 Å². The number of rotatable bonds is 4. The number of aromatic amines is 2. The first-order chi connectivity index (χ1) is 8.24. The Kier molecular flexibility index (Phi) is 3.34. The molecule has 6 nitrogen and oxygen atoms in total. The van der Waals surface area contributed by atoms with Crippen LogP contribution in [0.4, 0.5) is 0 Å². The van der Waals surface area contributed by atoms with E-state index in [4.69, 9.17) is 0 Å². The Morgan fingerprint density at radius 3 is 2.94 bits per heavy atom. The molecular weight excluding hydrogens is 220 g/mol. The lowest BCUT2D eigenvalue weighted by Gasteiger charge is -2.03. The van der Waals surface area contributed by atoms with Gasteiger partial charge in [0.2, 0.25) is 5.91 Å². The molecule has 2 aromatic heterocycles. The van der Waals surface area contributed by atoms with Gasteiger partial charge >= 0.3 is 0 Å². The summed E-state index contributed by atoms with van der Waals surface area (Å²) < 4.78 is 0. The first-order valence-electron chi connectivity index (χ1n) is 5.16. The quantitative estimate of drug-likeness (QED) is 0.690. The Labute approximate surface area is 97.1 Å². The second-order valence-corrected chi connectivity index (χ2v) is 3.60. The average molecular weight is 232 g/mol. The summed E-state index contributed by atoms with van der Waals surface area (Å²) in [6.07, 6.45) is 3.59. The molecule has 0 bridgehead atoms. The molecule has 2 heterocycles. The number of pyridine rings is 1. The molecular formula is C11H12N4O2. The molecule has 0 fully saturated rings. The van der Waals surface area contributed by atoms with Crippen molar-refractivity contribution in [2.75, 3.05) is 0 Å². The van der Waals surface area contributed by atoms with Gasteiger partial charge in [0.15, 0.2) is 0 Å². The van der Waals surface area contributed by atoms with Crippen LogP contribution in [0.25, 0.3) is 0 Å². The molecule has 3 N–H and O–H groups in total. The predicted octanol–water partition coefficient (Wildman–Crippen LogP) is -0.0431. The number of carbonyl (C=O) groups excluding carboxylic acids is 1. The van der Waals surface area contributed by atoms with Gasteiger partial charge < -0.3 is 10.4 Å². The summed E-state index contributed by atoms with van der Waals surface area (Å²) >= 11 is 0. The highest BCUT2D eigenvalue weighted by atomic mass is 16.1. The van der Waals surface area contributed by atoms with E-state index in [0.29, 0.717) is 12.2 Å². The number of carbonyl (C=O) groups is 1. The van der Waals surface area contributed by atoms with E-state index < -0.39 is 0 Å². The summed E-state index contributed by atoms with van der Waals surface area (Å²) in [7, 11) is 0. The fourth-order valence-corrected chi connectivity index (χ4v) is 1.41. The largest absolute Gasteiger partial charge is 0.350 e. The molecule has 0 spiro atoms. The van der Waals surface area contributed by atoms with Gasteiger partial charge in [-0.15, -0.1) is 0 Å². The highest BCUT2D eigenvalue weighted by Gasteiger charge is 2.03. The number of nitrogens with one attached hydrogen (secondary N) is 3. The third-order valence-electron chi connectivity index (χ3n) is 2.22. The topological polar surface area (TPSA) is 90.6 Å². The fourth-order valence-electron chi connectivity index (χ4n) is 1.41. The van der Waals surface area contributed by atoms with Crippen LogP contribution >= 0.6 is 0 Å². The highest BCUT2D eigenvalue weighted by Crippen LogP contribution is 1.97. The van der Waals surface area contributed by atoms with Gasteiger partial charge in [0.05, 0.1) is 18.7 Å². The monoisotopic (exact) mass is 232 g/mol. The lowest BCUT2D eigenvalue weighted by atomic mass is 10.2. The van der Waals surface area contributed by atoms with Crippen LogP contribution in [-0.2, 0) is 17.8 Å². The molecule has 1 amide bonds. The Bertz CT molecular complexity index is 544. The maximum absolute atomic E-state index is 11.6. The van der Waals surface area contributed by atoms with Crippen molar-refractivity contribution in [2.45, 2.75) is 13.0 Å². The van der Waals surface area contributed by atoms with Crippen LogP contribution in [0, 0.1) is 0 Å². The molecule has 2 rings (SSSR count). The van der Waals surface area contributed by atoms with Gasteiger partial charge in [-0.3, -0.25) is 19.7 Å².